The zero-order valence-electron chi connectivity index (χ0n) is 13.4. The third-order valence-electron chi connectivity index (χ3n) is 3.86. The minimum atomic E-state index is 1.11. The van der Waals surface area contributed by atoms with E-state index in [4.69, 9.17) is 0 Å². The Morgan fingerprint density at radius 1 is 0.714 bits per heavy atom. The van der Waals surface area contributed by atoms with Crippen LogP contribution in [0.4, 0.5) is 11.4 Å². The van der Waals surface area contributed by atoms with Crippen molar-refractivity contribution in [2.45, 2.75) is 19.3 Å². The molecule has 0 unspecified atom stereocenters. The zero-order chi connectivity index (χ0) is 15.1. The molecule has 0 aromatic heterocycles. The van der Waals surface area contributed by atoms with Crippen molar-refractivity contribution in [2.24, 2.45) is 0 Å². The van der Waals surface area contributed by atoms with Gasteiger partial charge >= 0.3 is 0 Å². The van der Waals surface area contributed by atoms with Crippen LogP contribution in [0, 0.1) is 0 Å². The van der Waals surface area contributed by atoms with Gasteiger partial charge in [0.05, 0.1) is 0 Å². The molecule has 0 aliphatic carbocycles. The number of para-hydroxylation sites is 1. The second-order valence-corrected chi connectivity index (χ2v) is 5.78. The molecule has 0 saturated carbocycles. The van der Waals surface area contributed by atoms with Crippen molar-refractivity contribution >= 4 is 11.4 Å². The van der Waals surface area contributed by atoms with Gasteiger partial charge in [0, 0.05) is 39.1 Å². The summed E-state index contributed by atoms with van der Waals surface area (Å²) in [5.41, 5.74) is 4.00. The van der Waals surface area contributed by atoms with Gasteiger partial charge in [-0.05, 0) is 49.1 Å². The van der Waals surface area contributed by atoms with Crippen molar-refractivity contribution in [1.82, 2.24) is 0 Å². The molecule has 2 aromatic rings. The molecule has 2 nitrogen and oxygen atoms in total. The van der Waals surface area contributed by atoms with E-state index in [-0.39, 0.29) is 0 Å². The van der Waals surface area contributed by atoms with E-state index in [0.717, 1.165) is 13.0 Å². The fraction of sp³-hybridized carbons (Fsp3) is 0.368. The Morgan fingerprint density at radius 2 is 1.38 bits per heavy atom. The summed E-state index contributed by atoms with van der Waals surface area (Å²) in [5, 5.41) is 0. The molecule has 0 amide bonds. The number of unbranched alkanes of at least 4 members (excludes halogenated alkanes) is 1. The first-order valence-electron chi connectivity index (χ1n) is 7.69. The van der Waals surface area contributed by atoms with Gasteiger partial charge in [-0.1, -0.05) is 30.3 Å². The topological polar surface area (TPSA) is 6.48 Å². The van der Waals surface area contributed by atoms with Gasteiger partial charge in [-0.3, -0.25) is 0 Å². The Bertz CT molecular complexity index is 517. The van der Waals surface area contributed by atoms with Crippen LogP contribution >= 0.6 is 0 Å². The summed E-state index contributed by atoms with van der Waals surface area (Å²) in [6, 6.07) is 19.5. The molecule has 2 aromatic carbocycles. The largest absolute Gasteiger partial charge is 0.378 e. The summed E-state index contributed by atoms with van der Waals surface area (Å²) >= 11 is 0. The SMILES string of the molecule is CN(C)c1ccc(CCCCN(C)c2ccccc2)cc1. The van der Waals surface area contributed by atoms with E-state index in [1.165, 1.54) is 29.8 Å². The highest BCUT2D eigenvalue weighted by atomic mass is 15.1. The zero-order valence-corrected chi connectivity index (χ0v) is 13.4. The molecule has 2 rings (SSSR count). The maximum Gasteiger partial charge on any atom is 0.0363 e. The number of benzene rings is 2. The number of aryl methyl sites for hydroxylation is 1. The second kappa shape index (κ2) is 7.72. The quantitative estimate of drug-likeness (QED) is 0.702. The third kappa shape index (κ3) is 4.82. The van der Waals surface area contributed by atoms with Gasteiger partial charge in [-0.15, -0.1) is 0 Å². The Morgan fingerprint density at radius 3 is 2.00 bits per heavy atom. The summed E-state index contributed by atoms with van der Waals surface area (Å²) in [5.74, 6) is 0. The van der Waals surface area contributed by atoms with E-state index in [0.29, 0.717) is 0 Å². The number of rotatable bonds is 7. The lowest BCUT2D eigenvalue weighted by Crippen LogP contribution is -2.18. The van der Waals surface area contributed by atoms with Gasteiger partial charge in [-0.25, -0.2) is 0 Å². The number of nitrogens with zero attached hydrogens (tertiary/aromatic N) is 2. The molecule has 0 radical (unpaired) electrons. The number of hydrogen-bond donors (Lipinski definition) is 0. The maximum absolute atomic E-state index is 2.33. The van der Waals surface area contributed by atoms with Crippen molar-refractivity contribution in [3.05, 3.63) is 60.2 Å². The molecule has 0 atom stereocenters. The summed E-state index contributed by atoms with van der Waals surface area (Å²) in [6.07, 6.45) is 3.62. The molecule has 21 heavy (non-hydrogen) atoms. The number of anilines is 2. The van der Waals surface area contributed by atoms with Crippen molar-refractivity contribution in [2.75, 3.05) is 37.5 Å². The van der Waals surface area contributed by atoms with E-state index in [2.05, 4.69) is 85.5 Å². The Balaban J connectivity index is 1.72. The molecule has 0 N–H and O–H groups in total. The summed E-state index contributed by atoms with van der Waals surface area (Å²) in [6.45, 7) is 1.11. The molecule has 0 spiro atoms. The first-order valence-corrected chi connectivity index (χ1v) is 7.69. The normalized spacial score (nSPS) is 10.4. The van der Waals surface area contributed by atoms with Crippen LogP contribution in [0.2, 0.25) is 0 Å². The third-order valence-corrected chi connectivity index (χ3v) is 3.86. The predicted molar refractivity (Wildman–Crippen MR) is 93.4 cm³/mol. The highest BCUT2D eigenvalue weighted by molar-refractivity contribution is 5.46. The first-order chi connectivity index (χ1) is 10.2. The fourth-order valence-corrected chi connectivity index (χ4v) is 2.45. The minimum Gasteiger partial charge on any atom is -0.378 e. The molecule has 0 heterocycles. The highest BCUT2D eigenvalue weighted by Crippen LogP contribution is 2.15. The highest BCUT2D eigenvalue weighted by Gasteiger charge is 2.00. The summed E-state index contributed by atoms with van der Waals surface area (Å²) < 4.78 is 0. The van der Waals surface area contributed by atoms with Crippen LogP contribution in [0.5, 0.6) is 0 Å². The maximum atomic E-state index is 2.33. The van der Waals surface area contributed by atoms with Crippen LogP contribution in [-0.2, 0) is 6.42 Å². The average molecular weight is 282 g/mol. The van der Waals surface area contributed by atoms with Crippen LogP contribution in [0.25, 0.3) is 0 Å². The van der Waals surface area contributed by atoms with Crippen LogP contribution in [0.1, 0.15) is 18.4 Å². The van der Waals surface area contributed by atoms with Crippen LogP contribution in [-0.4, -0.2) is 27.7 Å². The molecular formula is C19H26N2. The van der Waals surface area contributed by atoms with Gasteiger partial charge in [0.2, 0.25) is 0 Å². The lowest BCUT2D eigenvalue weighted by atomic mass is 10.1. The lowest BCUT2D eigenvalue weighted by Gasteiger charge is -2.19. The van der Waals surface area contributed by atoms with E-state index < -0.39 is 0 Å². The Hall–Kier alpha value is -1.96. The van der Waals surface area contributed by atoms with Crippen LogP contribution in [0.15, 0.2) is 54.6 Å². The smallest absolute Gasteiger partial charge is 0.0363 e. The van der Waals surface area contributed by atoms with Crippen molar-refractivity contribution in [3.8, 4) is 0 Å². The standard InChI is InChI=1S/C19H26N2/c1-20(2)18-14-12-17(13-15-18)9-7-8-16-21(3)19-10-5-4-6-11-19/h4-6,10-15H,7-9,16H2,1-3H3. The van der Waals surface area contributed by atoms with E-state index in [1.54, 1.807) is 0 Å². The molecule has 0 fully saturated rings. The second-order valence-electron chi connectivity index (χ2n) is 5.78. The Labute approximate surface area is 129 Å². The van der Waals surface area contributed by atoms with Gasteiger partial charge in [-0.2, -0.15) is 0 Å². The number of hydrogen-bond acceptors (Lipinski definition) is 2. The molecular weight excluding hydrogens is 256 g/mol. The van der Waals surface area contributed by atoms with E-state index >= 15 is 0 Å². The lowest BCUT2D eigenvalue weighted by molar-refractivity contribution is 0.719. The van der Waals surface area contributed by atoms with Crippen molar-refractivity contribution < 1.29 is 0 Å². The van der Waals surface area contributed by atoms with Crippen LogP contribution in [0.3, 0.4) is 0 Å². The molecule has 0 saturated heterocycles. The monoisotopic (exact) mass is 282 g/mol. The summed E-state index contributed by atoms with van der Waals surface area (Å²) in [4.78, 5) is 4.47. The van der Waals surface area contributed by atoms with Gasteiger partial charge < -0.3 is 9.80 Å². The molecule has 112 valence electrons. The summed E-state index contributed by atoms with van der Waals surface area (Å²) in [7, 11) is 6.32. The van der Waals surface area contributed by atoms with Crippen LogP contribution < -0.4 is 9.80 Å². The fourth-order valence-electron chi connectivity index (χ4n) is 2.45. The van der Waals surface area contributed by atoms with E-state index in [1.807, 2.05) is 0 Å². The van der Waals surface area contributed by atoms with E-state index in [9.17, 15) is 0 Å². The molecule has 0 aliphatic heterocycles. The molecule has 0 aliphatic rings. The van der Waals surface area contributed by atoms with Crippen molar-refractivity contribution in [3.63, 3.8) is 0 Å². The molecule has 0 bridgehead atoms. The minimum absolute atomic E-state index is 1.11. The van der Waals surface area contributed by atoms with Gasteiger partial charge in [0.15, 0.2) is 0 Å². The van der Waals surface area contributed by atoms with Crippen molar-refractivity contribution in [1.29, 1.82) is 0 Å². The first kappa shape index (κ1) is 15.4. The average Bonchev–Trinajstić information content (AvgIpc) is 2.52. The Kier molecular flexibility index (Phi) is 5.68. The van der Waals surface area contributed by atoms with Gasteiger partial charge in [0.25, 0.3) is 0 Å². The van der Waals surface area contributed by atoms with Gasteiger partial charge in [0.1, 0.15) is 0 Å². The molecule has 2 heteroatoms. The predicted octanol–water partition coefficient (Wildman–Crippen LogP) is 4.21.